The van der Waals surface area contributed by atoms with Crippen molar-refractivity contribution < 1.29 is 23.4 Å². The molecule has 2 aromatic rings. The predicted octanol–water partition coefficient (Wildman–Crippen LogP) is 2.58. The van der Waals surface area contributed by atoms with E-state index in [1.807, 2.05) is 0 Å². The Balaban J connectivity index is 2.42. The largest absolute Gasteiger partial charge is 0.491 e. The molecule has 1 heterocycles. The monoisotopic (exact) mass is 251 g/mol. The molecule has 0 radical (unpaired) electrons. The van der Waals surface area contributed by atoms with E-state index in [1.165, 1.54) is 12.1 Å². The third-order valence-corrected chi connectivity index (χ3v) is 2.27. The molecule has 18 heavy (non-hydrogen) atoms. The van der Waals surface area contributed by atoms with Crippen molar-refractivity contribution in [2.45, 2.75) is 6.92 Å². The van der Waals surface area contributed by atoms with Gasteiger partial charge in [-0.15, -0.1) is 0 Å². The zero-order chi connectivity index (χ0) is 13.1. The summed E-state index contributed by atoms with van der Waals surface area (Å²) >= 11 is 0. The summed E-state index contributed by atoms with van der Waals surface area (Å²) in [7, 11) is 0. The summed E-state index contributed by atoms with van der Waals surface area (Å²) in [6.45, 7) is 2.09. The lowest BCUT2D eigenvalue weighted by Crippen LogP contribution is -1.98. The fraction of sp³-hybridized carbons (Fsp3) is 0.167. The van der Waals surface area contributed by atoms with Crippen molar-refractivity contribution in [1.29, 1.82) is 0 Å². The van der Waals surface area contributed by atoms with Gasteiger partial charge >= 0.3 is 5.97 Å². The third kappa shape index (κ3) is 2.17. The Kier molecular flexibility index (Phi) is 3.27. The number of carboxylic acids is 1. The maximum Gasteiger partial charge on any atom is 0.374 e. The molecular formula is C12H10FNO4. The second-order valence-corrected chi connectivity index (χ2v) is 3.41. The van der Waals surface area contributed by atoms with Crippen LogP contribution in [0.4, 0.5) is 4.39 Å². The predicted molar refractivity (Wildman–Crippen MR) is 60.0 cm³/mol. The average Bonchev–Trinajstić information content (AvgIpc) is 2.81. The second kappa shape index (κ2) is 4.87. The van der Waals surface area contributed by atoms with Gasteiger partial charge in [-0.25, -0.2) is 14.2 Å². The van der Waals surface area contributed by atoms with Crippen LogP contribution in [0.25, 0.3) is 11.3 Å². The van der Waals surface area contributed by atoms with Crippen molar-refractivity contribution >= 4 is 5.97 Å². The lowest BCUT2D eigenvalue weighted by Gasteiger charge is -2.05. The Morgan fingerprint density at radius 1 is 1.56 bits per heavy atom. The molecule has 1 aromatic carbocycles. The third-order valence-electron chi connectivity index (χ3n) is 2.27. The normalized spacial score (nSPS) is 10.3. The van der Waals surface area contributed by atoms with Crippen LogP contribution in [-0.4, -0.2) is 22.7 Å². The van der Waals surface area contributed by atoms with Gasteiger partial charge in [-0.2, -0.15) is 0 Å². The summed E-state index contributed by atoms with van der Waals surface area (Å²) in [4.78, 5) is 14.6. The Bertz CT molecular complexity index is 579. The smallest absolute Gasteiger partial charge is 0.374 e. The van der Waals surface area contributed by atoms with Crippen LogP contribution in [0, 0.1) is 5.82 Å². The molecule has 2 rings (SSSR count). The van der Waals surface area contributed by atoms with E-state index >= 15 is 0 Å². The van der Waals surface area contributed by atoms with Gasteiger partial charge in [-0.05, 0) is 25.1 Å². The van der Waals surface area contributed by atoms with E-state index in [0.29, 0.717) is 12.2 Å². The number of ether oxygens (including phenoxy) is 1. The molecule has 0 fully saturated rings. The highest BCUT2D eigenvalue weighted by Crippen LogP contribution is 2.27. The SMILES string of the molecule is CCOc1ccc(-c2ncoc2C(=O)O)cc1F. The molecule has 0 aliphatic heterocycles. The molecule has 0 saturated carbocycles. The Labute approximate surface area is 102 Å². The minimum absolute atomic E-state index is 0.0875. The van der Waals surface area contributed by atoms with Crippen molar-refractivity contribution in [1.82, 2.24) is 4.98 Å². The quantitative estimate of drug-likeness (QED) is 0.904. The topological polar surface area (TPSA) is 72.6 Å². The molecule has 0 aliphatic carbocycles. The summed E-state index contributed by atoms with van der Waals surface area (Å²) < 4.78 is 23.4. The van der Waals surface area contributed by atoms with Crippen LogP contribution in [-0.2, 0) is 0 Å². The molecule has 6 heteroatoms. The van der Waals surface area contributed by atoms with E-state index in [0.717, 1.165) is 12.5 Å². The molecule has 0 bridgehead atoms. The number of aromatic carboxylic acids is 1. The van der Waals surface area contributed by atoms with Crippen LogP contribution in [0.15, 0.2) is 29.0 Å². The van der Waals surface area contributed by atoms with E-state index in [4.69, 9.17) is 14.3 Å². The highest BCUT2D eigenvalue weighted by Gasteiger charge is 2.18. The van der Waals surface area contributed by atoms with Crippen LogP contribution in [0.1, 0.15) is 17.5 Å². The Morgan fingerprint density at radius 3 is 2.94 bits per heavy atom. The highest BCUT2D eigenvalue weighted by atomic mass is 19.1. The van der Waals surface area contributed by atoms with Gasteiger partial charge in [0.1, 0.15) is 5.69 Å². The van der Waals surface area contributed by atoms with E-state index in [1.54, 1.807) is 6.92 Å². The second-order valence-electron chi connectivity index (χ2n) is 3.41. The lowest BCUT2D eigenvalue weighted by atomic mass is 10.1. The van der Waals surface area contributed by atoms with Crippen molar-refractivity contribution in [3.8, 4) is 17.0 Å². The van der Waals surface area contributed by atoms with Gasteiger partial charge < -0.3 is 14.3 Å². The van der Waals surface area contributed by atoms with Crippen LogP contribution in [0.5, 0.6) is 5.75 Å². The summed E-state index contributed by atoms with van der Waals surface area (Å²) in [5, 5.41) is 8.87. The van der Waals surface area contributed by atoms with Gasteiger partial charge in [0.25, 0.3) is 0 Å². The minimum Gasteiger partial charge on any atom is -0.491 e. The van der Waals surface area contributed by atoms with Crippen LogP contribution in [0.2, 0.25) is 0 Å². The molecule has 0 spiro atoms. The van der Waals surface area contributed by atoms with E-state index in [-0.39, 0.29) is 17.2 Å². The lowest BCUT2D eigenvalue weighted by molar-refractivity contribution is 0.0663. The number of carbonyl (C=O) groups is 1. The first-order valence-corrected chi connectivity index (χ1v) is 5.23. The molecule has 0 saturated heterocycles. The molecule has 1 aromatic heterocycles. The van der Waals surface area contributed by atoms with Crippen LogP contribution >= 0.6 is 0 Å². The number of hydrogen-bond donors (Lipinski definition) is 1. The van der Waals surface area contributed by atoms with Gasteiger partial charge in [-0.1, -0.05) is 0 Å². The molecular weight excluding hydrogens is 241 g/mol. The Hall–Kier alpha value is -2.37. The summed E-state index contributed by atoms with van der Waals surface area (Å²) in [5.74, 6) is -2.04. The fourth-order valence-electron chi connectivity index (χ4n) is 1.52. The van der Waals surface area contributed by atoms with E-state index in [2.05, 4.69) is 4.98 Å². The van der Waals surface area contributed by atoms with Gasteiger partial charge in [0.05, 0.1) is 6.61 Å². The van der Waals surface area contributed by atoms with E-state index in [9.17, 15) is 9.18 Å². The van der Waals surface area contributed by atoms with Crippen molar-refractivity contribution in [2.75, 3.05) is 6.61 Å². The van der Waals surface area contributed by atoms with Crippen molar-refractivity contribution in [3.63, 3.8) is 0 Å². The average molecular weight is 251 g/mol. The molecule has 0 aliphatic rings. The first-order valence-electron chi connectivity index (χ1n) is 5.23. The van der Waals surface area contributed by atoms with Gasteiger partial charge in [0.2, 0.25) is 5.76 Å². The standard InChI is InChI=1S/C12H10FNO4/c1-2-17-9-4-3-7(5-8(9)13)10-11(12(15)16)18-6-14-10/h3-6H,2H2,1H3,(H,15,16). The molecule has 1 N–H and O–H groups in total. The number of aromatic nitrogens is 1. The van der Waals surface area contributed by atoms with Gasteiger partial charge in [-0.3, -0.25) is 0 Å². The minimum atomic E-state index is -1.25. The molecule has 94 valence electrons. The van der Waals surface area contributed by atoms with Gasteiger partial charge in [0, 0.05) is 5.56 Å². The van der Waals surface area contributed by atoms with Crippen LogP contribution in [0.3, 0.4) is 0 Å². The van der Waals surface area contributed by atoms with E-state index < -0.39 is 11.8 Å². The highest BCUT2D eigenvalue weighted by molar-refractivity contribution is 5.91. The summed E-state index contributed by atoms with van der Waals surface area (Å²) in [6, 6.07) is 4.11. The molecule has 5 nitrogen and oxygen atoms in total. The number of rotatable bonds is 4. The maximum absolute atomic E-state index is 13.6. The first kappa shape index (κ1) is 12.1. The van der Waals surface area contributed by atoms with Crippen molar-refractivity contribution in [2.24, 2.45) is 0 Å². The van der Waals surface area contributed by atoms with Crippen molar-refractivity contribution in [3.05, 3.63) is 36.2 Å². The Morgan fingerprint density at radius 2 is 2.33 bits per heavy atom. The van der Waals surface area contributed by atoms with Gasteiger partial charge in [0.15, 0.2) is 18.0 Å². The molecule has 0 unspecified atom stereocenters. The fourth-order valence-corrected chi connectivity index (χ4v) is 1.52. The number of carboxylic acid groups (broad SMARTS) is 1. The maximum atomic E-state index is 13.6. The number of benzene rings is 1. The number of oxazole rings is 1. The summed E-state index contributed by atoms with van der Waals surface area (Å²) in [5.41, 5.74) is 0.409. The number of nitrogens with zero attached hydrogens (tertiary/aromatic N) is 1. The molecule has 0 amide bonds. The molecule has 0 atom stereocenters. The number of halogens is 1. The van der Waals surface area contributed by atoms with Crippen LogP contribution < -0.4 is 4.74 Å². The number of hydrogen-bond acceptors (Lipinski definition) is 4. The zero-order valence-electron chi connectivity index (χ0n) is 9.51. The zero-order valence-corrected chi connectivity index (χ0v) is 9.51. The first-order chi connectivity index (χ1) is 8.63. The summed E-state index contributed by atoms with van der Waals surface area (Å²) in [6.07, 6.45) is 1.01.